The van der Waals surface area contributed by atoms with E-state index in [0.29, 0.717) is 11.4 Å². The average Bonchev–Trinajstić information content (AvgIpc) is 2.66. The second kappa shape index (κ2) is 7.48. The highest BCUT2D eigenvalue weighted by molar-refractivity contribution is 5.90. The Bertz CT molecular complexity index is 951. The number of benzene rings is 3. The van der Waals surface area contributed by atoms with Crippen LogP contribution in [0.4, 0.5) is 5.69 Å². The minimum atomic E-state index is -1.20. The molecular formula is C20H15NO5. The Balaban J connectivity index is 1.69. The van der Waals surface area contributed by atoms with Crippen molar-refractivity contribution < 1.29 is 19.7 Å². The van der Waals surface area contributed by atoms with Gasteiger partial charge in [-0.3, -0.25) is 0 Å². The van der Waals surface area contributed by atoms with Crippen molar-refractivity contribution in [1.29, 1.82) is 0 Å². The number of carboxylic acids is 1. The van der Waals surface area contributed by atoms with Gasteiger partial charge in [-0.2, -0.15) is 0 Å². The fourth-order valence-electron chi connectivity index (χ4n) is 2.48. The molecule has 2 N–H and O–H groups in total. The minimum absolute atomic E-state index is 0.172. The number of phenols is 1. The monoisotopic (exact) mass is 349 g/mol. The summed E-state index contributed by atoms with van der Waals surface area (Å²) in [7, 11) is 0. The molecule has 26 heavy (non-hydrogen) atoms. The lowest BCUT2D eigenvalue weighted by atomic mass is 10.0. The van der Waals surface area contributed by atoms with Crippen LogP contribution in [0.15, 0.2) is 71.9 Å². The smallest absolute Gasteiger partial charge is 0.339 e. The molecule has 6 nitrogen and oxygen atoms in total. The van der Waals surface area contributed by atoms with Gasteiger partial charge in [0.1, 0.15) is 29.4 Å². The molecule has 0 radical (unpaired) electrons. The summed E-state index contributed by atoms with van der Waals surface area (Å²) >= 11 is 0. The van der Waals surface area contributed by atoms with Gasteiger partial charge in [-0.1, -0.05) is 36.4 Å². The minimum Gasteiger partial charge on any atom is -0.507 e. The third kappa shape index (κ3) is 3.87. The van der Waals surface area contributed by atoms with Crippen molar-refractivity contribution in [2.45, 2.75) is 6.61 Å². The van der Waals surface area contributed by atoms with Crippen LogP contribution in [0.5, 0.6) is 11.5 Å². The second-order valence-corrected chi connectivity index (χ2v) is 5.61. The largest absolute Gasteiger partial charge is 0.507 e. The molecule has 0 aromatic heterocycles. The summed E-state index contributed by atoms with van der Waals surface area (Å²) < 4.78 is 5.58. The Morgan fingerprint density at radius 1 is 0.962 bits per heavy atom. The summed E-state index contributed by atoms with van der Waals surface area (Å²) in [6.07, 6.45) is 0. The summed E-state index contributed by atoms with van der Waals surface area (Å²) in [5.41, 5.74) is 2.94. The number of aromatic carboxylic acids is 1. The number of nitrogens with zero attached hydrogens (tertiary/aromatic N) is 1. The van der Waals surface area contributed by atoms with Crippen LogP contribution in [0.1, 0.15) is 15.9 Å². The molecule has 0 aliphatic carbocycles. The molecule has 0 spiro atoms. The molecule has 130 valence electrons. The molecule has 0 saturated carbocycles. The Morgan fingerprint density at radius 3 is 2.38 bits per heavy atom. The van der Waals surface area contributed by atoms with Crippen molar-refractivity contribution in [3.8, 4) is 22.6 Å². The number of ether oxygens (including phenoxy) is 1. The van der Waals surface area contributed by atoms with E-state index in [9.17, 15) is 14.8 Å². The summed E-state index contributed by atoms with van der Waals surface area (Å²) in [4.78, 5) is 21.5. The van der Waals surface area contributed by atoms with Gasteiger partial charge in [0.05, 0.1) is 0 Å². The second-order valence-electron chi connectivity index (χ2n) is 5.61. The van der Waals surface area contributed by atoms with Gasteiger partial charge in [0.25, 0.3) is 0 Å². The van der Waals surface area contributed by atoms with Crippen molar-refractivity contribution in [2.75, 3.05) is 0 Å². The highest BCUT2D eigenvalue weighted by atomic mass is 16.5. The highest BCUT2D eigenvalue weighted by Crippen LogP contribution is 2.26. The maximum absolute atomic E-state index is 10.9. The number of hydrogen-bond acceptors (Lipinski definition) is 5. The molecule has 0 heterocycles. The van der Waals surface area contributed by atoms with Crippen LogP contribution in [0.3, 0.4) is 0 Å². The van der Waals surface area contributed by atoms with Crippen molar-refractivity contribution in [2.24, 2.45) is 5.18 Å². The van der Waals surface area contributed by atoms with Gasteiger partial charge in [-0.05, 0) is 46.1 Å². The standard InChI is InChI=1S/C20H15NO5/c22-19-11-17(8-9-18(19)20(23)24)26-12-13-4-6-14(7-5-13)15-2-1-3-16(10-15)21-25/h1-11,22H,12H2,(H,23,24). The lowest BCUT2D eigenvalue weighted by molar-refractivity contribution is 0.0693. The molecule has 3 aromatic carbocycles. The van der Waals surface area contributed by atoms with Gasteiger partial charge < -0.3 is 14.9 Å². The number of carboxylic acid groups (broad SMARTS) is 1. The van der Waals surface area contributed by atoms with Crippen molar-refractivity contribution >= 4 is 11.7 Å². The van der Waals surface area contributed by atoms with E-state index in [0.717, 1.165) is 16.7 Å². The molecule has 0 bridgehead atoms. The Kier molecular flexibility index (Phi) is 4.94. The Hall–Kier alpha value is -3.67. The van der Waals surface area contributed by atoms with Gasteiger partial charge in [0, 0.05) is 6.07 Å². The third-order valence-electron chi connectivity index (χ3n) is 3.84. The first-order valence-electron chi connectivity index (χ1n) is 7.78. The maximum atomic E-state index is 10.9. The van der Waals surface area contributed by atoms with Gasteiger partial charge in [0.15, 0.2) is 0 Å². The normalized spacial score (nSPS) is 10.3. The van der Waals surface area contributed by atoms with E-state index in [2.05, 4.69) is 5.18 Å². The zero-order valence-electron chi connectivity index (χ0n) is 13.6. The van der Waals surface area contributed by atoms with Crippen molar-refractivity contribution in [3.05, 3.63) is 82.8 Å². The van der Waals surface area contributed by atoms with Crippen LogP contribution < -0.4 is 4.74 Å². The molecule has 0 aliphatic heterocycles. The fourth-order valence-corrected chi connectivity index (χ4v) is 2.48. The maximum Gasteiger partial charge on any atom is 0.339 e. The number of nitroso groups, excluding NO2 is 1. The predicted octanol–water partition coefficient (Wildman–Crippen LogP) is 4.73. The van der Waals surface area contributed by atoms with Gasteiger partial charge in [0.2, 0.25) is 0 Å². The van der Waals surface area contributed by atoms with E-state index < -0.39 is 5.97 Å². The predicted molar refractivity (Wildman–Crippen MR) is 96.7 cm³/mol. The third-order valence-corrected chi connectivity index (χ3v) is 3.84. The summed E-state index contributed by atoms with van der Waals surface area (Å²) in [5, 5.41) is 21.5. The first-order chi connectivity index (χ1) is 12.6. The van der Waals surface area contributed by atoms with E-state index in [1.54, 1.807) is 18.2 Å². The van der Waals surface area contributed by atoms with E-state index in [4.69, 9.17) is 9.84 Å². The highest BCUT2D eigenvalue weighted by Gasteiger charge is 2.10. The van der Waals surface area contributed by atoms with Crippen molar-refractivity contribution in [1.82, 2.24) is 0 Å². The first kappa shape index (κ1) is 17.2. The number of aromatic hydroxyl groups is 1. The Morgan fingerprint density at radius 2 is 1.73 bits per heavy atom. The zero-order chi connectivity index (χ0) is 18.5. The molecule has 0 atom stereocenters. The van der Waals surface area contributed by atoms with Crippen LogP contribution in [0.25, 0.3) is 11.1 Å². The fraction of sp³-hybridized carbons (Fsp3) is 0.0500. The average molecular weight is 349 g/mol. The number of rotatable bonds is 6. The van der Waals surface area contributed by atoms with Gasteiger partial charge >= 0.3 is 5.97 Å². The molecule has 0 aliphatic rings. The molecule has 0 amide bonds. The number of hydrogen-bond donors (Lipinski definition) is 2. The van der Waals surface area contributed by atoms with Crippen LogP contribution in [0, 0.1) is 4.91 Å². The van der Waals surface area contributed by atoms with Gasteiger partial charge in [-0.25, -0.2) is 4.79 Å². The SMILES string of the molecule is O=Nc1cccc(-c2ccc(COc3ccc(C(=O)O)c(O)c3)cc2)c1. The topological polar surface area (TPSA) is 96.2 Å². The van der Waals surface area contributed by atoms with Crippen LogP contribution >= 0.6 is 0 Å². The molecule has 0 saturated heterocycles. The molecule has 6 heteroatoms. The number of carbonyl (C=O) groups is 1. The van der Waals surface area contributed by atoms with Gasteiger partial charge in [-0.15, -0.1) is 4.91 Å². The van der Waals surface area contributed by atoms with Crippen LogP contribution in [-0.4, -0.2) is 16.2 Å². The van der Waals surface area contributed by atoms with Crippen LogP contribution in [-0.2, 0) is 6.61 Å². The summed E-state index contributed by atoms with van der Waals surface area (Å²) in [6, 6.07) is 18.7. The molecule has 0 unspecified atom stereocenters. The molecular weight excluding hydrogens is 334 g/mol. The van der Waals surface area contributed by atoms with E-state index >= 15 is 0 Å². The quantitative estimate of drug-likeness (QED) is 0.627. The zero-order valence-corrected chi connectivity index (χ0v) is 13.6. The van der Waals surface area contributed by atoms with E-state index in [1.807, 2.05) is 30.3 Å². The lowest BCUT2D eigenvalue weighted by Gasteiger charge is -2.09. The summed E-state index contributed by atoms with van der Waals surface area (Å²) in [6.45, 7) is 0.266. The lowest BCUT2D eigenvalue weighted by Crippen LogP contribution is -1.99. The van der Waals surface area contributed by atoms with E-state index in [1.165, 1.54) is 18.2 Å². The van der Waals surface area contributed by atoms with Crippen LogP contribution in [0.2, 0.25) is 0 Å². The Labute approximate surface area is 149 Å². The molecule has 3 rings (SSSR count). The van der Waals surface area contributed by atoms with Crippen molar-refractivity contribution in [3.63, 3.8) is 0 Å². The summed E-state index contributed by atoms with van der Waals surface area (Å²) in [5.74, 6) is -1.16. The molecule has 0 fully saturated rings. The van der Waals surface area contributed by atoms with E-state index in [-0.39, 0.29) is 17.9 Å². The molecule has 3 aromatic rings. The first-order valence-corrected chi connectivity index (χ1v) is 7.78.